The summed E-state index contributed by atoms with van der Waals surface area (Å²) in [5.41, 5.74) is 1.72. The maximum absolute atomic E-state index is 9.72. The van der Waals surface area contributed by atoms with Crippen LogP contribution in [0.4, 0.5) is 0 Å². The molecule has 0 N–H and O–H groups in total. The lowest BCUT2D eigenvalue weighted by molar-refractivity contribution is 0.260. The van der Waals surface area contributed by atoms with Crippen LogP contribution in [-0.4, -0.2) is 7.11 Å². The minimum absolute atomic E-state index is 0.425. The molecule has 0 spiro atoms. The smallest absolute Gasteiger partial charge is 0.123 e. The van der Waals surface area contributed by atoms with E-state index in [0.29, 0.717) is 10.9 Å². The monoisotopic (exact) mass is 297 g/mol. The quantitative estimate of drug-likeness (QED) is 0.823. The van der Waals surface area contributed by atoms with Crippen LogP contribution >= 0.6 is 11.6 Å². The summed E-state index contributed by atoms with van der Waals surface area (Å²) >= 11 is 6.11. The first-order valence-corrected chi connectivity index (χ1v) is 7.36. The second kappa shape index (κ2) is 5.42. The molecule has 1 fully saturated rings. The Morgan fingerprint density at radius 1 is 1.19 bits per heavy atom. The number of hydrogen-bond acceptors (Lipinski definition) is 2. The molecule has 0 saturated heterocycles. The highest BCUT2D eigenvalue weighted by atomic mass is 35.5. The lowest BCUT2D eigenvalue weighted by Gasteiger charge is -2.43. The van der Waals surface area contributed by atoms with Crippen LogP contribution in [0.3, 0.4) is 0 Å². The summed E-state index contributed by atoms with van der Waals surface area (Å²) in [6.07, 6.45) is 1.62. The van der Waals surface area contributed by atoms with Crippen LogP contribution in [-0.2, 0) is 5.41 Å². The number of methoxy groups -OCH3 is 1. The van der Waals surface area contributed by atoms with Crippen LogP contribution in [0.25, 0.3) is 0 Å². The highest BCUT2D eigenvalue weighted by molar-refractivity contribution is 6.30. The van der Waals surface area contributed by atoms with Crippen molar-refractivity contribution < 1.29 is 4.74 Å². The predicted octanol–water partition coefficient (Wildman–Crippen LogP) is 4.69. The standard InChI is InChI=1S/C18H16ClNO/c1-21-17-8-7-15(19)9-16(17)18(12-20)10-14(11-18)13-5-3-2-4-6-13/h2-9,14H,10-11H2,1H3. The van der Waals surface area contributed by atoms with Crippen LogP contribution in [0, 0.1) is 11.3 Å². The van der Waals surface area contributed by atoms with Crippen molar-refractivity contribution in [3.63, 3.8) is 0 Å². The third kappa shape index (κ3) is 2.39. The van der Waals surface area contributed by atoms with Crippen molar-refractivity contribution in [1.29, 1.82) is 5.26 Å². The van der Waals surface area contributed by atoms with Gasteiger partial charge >= 0.3 is 0 Å². The molecule has 2 aromatic carbocycles. The lowest BCUT2D eigenvalue weighted by atomic mass is 9.57. The van der Waals surface area contributed by atoms with Crippen molar-refractivity contribution in [3.05, 3.63) is 64.7 Å². The van der Waals surface area contributed by atoms with Crippen molar-refractivity contribution in [2.75, 3.05) is 7.11 Å². The molecule has 1 aliphatic rings. The van der Waals surface area contributed by atoms with E-state index in [1.54, 1.807) is 13.2 Å². The Kier molecular flexibility index (Phi) is 3.61. The largest absolute Gasteiger partial charge is 0.496 e. The van der Waals surface area contributed by atoms with E-state index in [-0.39, 0.29) is 0 Å². The summed E-state index contributed by atoms with van der Waals surface area (Å²) in [7, 11) is 1.63. The van der Waals surface area contributed by atoms with Gasteiger partial charge in [0.25, 0.3) is 0 Å². The van der Waals surface area contributed by atoms with E-state index in [1.807, 2.05) is 30.3 Å². The first-order chi connectivity index (χ1) is 10.2. The third-order valence-electron chi connectivity index (χ3n) is 4.35. The fourth-order valence-electron chi connectivity index (χ4n) is 3.17. The molecule has 0 amide bonds. The molecular formula is C18H16ClNO. The number of rotatable bonds is 3. The van der Waals surface area contributed by atoms with E-state index < -0.39 is 5.41 Å². The van der Waals surface area contributed by atoms with Crippen LogP contribution in [0.1, 0.15) is 29.9 Å². The molecule has 2 nitrogen and oxygen atoms in total. The molecule has 1 aliphatic carbocycles. The fourth-order valence-corrected chi connectivity index (χ4v) is 3.34. The van der Waals surface area contributed by atoms with Gasteiger partial charge in [0.15, 0.2) is 0 Å². The number of nitriles is 1. The van der Waals surface area contributed by atoms with E-state index in [1.165, 1.54) is 5.56 Å². The van der Waals surface area contributed by atoms with Gasteiger partial charge in [-0.25, -0.2) is 0 Å². The van der Waals surface area contributed by atoms with Gasteiger partial charge in [-0.05, 0) is 42.5 Å². The zero-order chi connectivity index (χ0) is 14.9. The normalized spacial score (nSPS) is 24.0. The van der Waals surface area contributed by atoms with E-state index >= 15 is 0 Å². The van der Waals surface area contributed by atoms with Crippen molar-refractivity contribution in [2.45, 2.75) is 24.2 Å². The highest BCUT2D eigenvalue weighted by Crippen LogP contribution is 2.54. The Labute approximate surface area is 129 Å². The molecule has 1 saturated carbocycles. The summed E-state index contributed by atoms with van der Waals surface area (Å²) in [6, 6.07) is 18.3. The first-order valence-electron chi connectivity index (χ1n) is 6.99. The van der Waals surface area contributed by atoms with Gasteiger partial charge in [-0.1, -0.05) is 41.9 Å². The Morgan fingerprint density at radius 3 is 2.52 bits per heavy atom. The maximum Gasteiger partial charge on any atom is 0.123 e. The fraction of sp³-hybridized carbons (Fsp3) is 0.278. The molecule has 0 radical (unpaired) electrons. The molecular weight excluding hydrogens is 282 g/mol. The Morgan fingerprint density at radius 2 is 1.90 bits per heavy atom. The minimum Gasteiger partial charge on any atom is -0.496 e. The SMILES string of the molecule is COc1ccc(Cl)cc1C1(C#N)CC(c2ccccc2)C1. The molecule has 21 heavy (non-hydrogen) atoms. The van der Waals surface area contributed by atoms with Crippen LogP contribution in [0.5, 0.6) is 5.75 Å². The number of hydrogen-bond donors (Lipinski definition) is 0. The summed E-state index contributed by atoms with van der Waals surface area (Å²) in [6.45, 7) is 0. The predicted molar refractivity (Wildman–Crippen MR) is 83.7 cm³/mol. The molecule has 3 heteroatoms. The van der Waals surface area contributed by atoms with E-state index in [0.717, 1.165) is 24.2 Å². The van der Waals surface area contributed by atoms with Gasteiger partial charge in [0.05, 0.1) is 18.6 Å². The second-order valence-corrected chi connectivity index (χ2v) is 5.99. The summed E-state index contributed by atoms with van der Waals surface area (Å²) < 4.78 is 5.42. The van der Waals surface area contributed by atoms with Gasteiger partial charge in [-0.2, -0.15) is 5.26 Å². The minimum atomic E-state index is -0.489. The molecule has 0 heterocycles. The molecule has 0 unspecified atom stereocenters. The van der Waals surface area contributed by atoms with Crippen LogP contribution < -0.4 is 4.74 Å². The zero-order valence-corrected chi connectivity index (χ0v) is 12.6. The number of ether oxygens (including phenoxy) is 1. The third-order valence-corrected chi connectivity index (χ3v) is 4.59. The molecule has 106 valence electrons. The van der Waals surface area contributed by atoms with Crippen molar-refractivity contribution >= 4 is 11.6 Å². The molecule has 0 bridgehead atoms. The molecule has 0 atom stereocenters. The average molecular weight is 298 g/mol. The summed E-state index contributed by atoms with van der Waals surface area (Å²) in [4.78, 5) is 0. The maximum atomic E-state index is 9.72. The van der Waals surface area contributed by atoms with E-state index in [4.69, 9.17) is 16.3 Å². The van der Waals surface area contributed by atoms with Crippen LogP contribution in [0.2, 0.25) is 5.02 Å². The van der Waals surface area contributed by atoms with Crippen molar-refractivity contribution in [1.82, 2.24) is 0 Å². The van der Waals surface area contributed by atoms with E-state index in [2.05, 4.69) is 18.2 Å². The number of nitrogens with zero attached hydrogens (tertiary/aromatic N) is 1. The average Bonchev–Trinajstić information content (AvgIpc) is 2.48. The Bertz CT molecular complexity index is 684. The topological polar surface area (TPSA) is 33.0 Å². The van der Waals surface area contributed by atoms with Gasteiger partial charge in [0, 0.05) is 10.6 Å². The Balaban J connectivity index is 1.92. The summed E-state index contributed by atoms with van der Waals surface area (Å²) in [5.74, 6) is 1.17. The zero-order valence-electron chi connectivity index (χ0n) is 11.8. The van der Waals surface area contributed by atoms with Crippen molar-refractivity contribution in [2.24, 2.45) is 0 Å². The van der Waals surface area contributed by atoms with Gasteiger partial charge in [-0.15, -0.1) is 0 Å². The first kappa shape index (κ1) is 14.0. The van der Waals surface area contributed by atoms with Gasteiger partial charge in [0.1, 0.15) is 5.75 Å². The van der Waals surface area contributed by atoms with Crippen molar-refractivity contribution in [3.8, 4) is 11.8 Å². The van der Waals surface area contributed by atoms with Gasteiger partial charge in [-0.3, -0.25) is 0 Å². The molecule has 3 rings (SSSR count). The van der Waals surface area contributed by atoms with Gasteiger partial charge < -0.3 is 4.74 Å². The number of halogens is 1. The number of benzene rings is 2. The molecule has 0 aromatic heterocycles. The molecule has 2 aromatic rings. The molecule has 0 aliphatic heterocycles. The lowest BCUT2D eigenvalue weighted by Crippen LogP contribution is -2.39. The second-order valence-electron chi connectivity index (χ2n) is 5.55. The van der Waals surface area contributed by atoms with E-state index in [9.17, 15) is 5.26 Å². The Hall–Kier alpha value is -1.98. The summed E-state index contributed by atoms with van der Waals surface area (Å²) in [5, 5.41) is 10.4. The van der Waals surface area contributed by atoms with Gasteiger partial charge in [0.2, 0.25) is 0 Å². The van der Waals surface area contributed by atoms with Crippen LogP contribution in [0.15, 0.2) is 48.5 Å². The highest BCUT2D eigenvalue weighted by Gasteiger charge is 2.48.